The van der Waals surface area contributed by atoms with Gasteiger partial charge in [0.1, 0.15) is 0 Å². The molecule has 0 fully saturated rings. The molecule has 2 aliphatic heterocycles. The Hall–Kier alpha value is -4.10. The van der Waals surface area contributed by atoms with Gasteiger partial charge in [-0.3, -0.25) is 0 Å². The molecule has 0 N–H and O–H groups in total. The fourth-order valence-electron chi connectivity index (χ4n) is 6.84. The molecule has 1 unspecified atom stereocenters. The van der Waals surface area contributed by atoms with E-state index in [0.717, 1.165) is 12.8 Å². The highest BCUT2D eigenvalue weighted by atomic mass is 15.2. The highest BCUT2D eigenvalue weighted by Gasteiger charge is 2.46. The number of hydrogen-bond acceptors (Lipinski definition) is 1. The van der Waals surface area contributed by atoms with Gasteiger partial charge in [0.05, 0.1) is 5.54 Å². The van der Waals surface area contributed by atoms with Crippen LogP contribution in [0.3, 0.4) is 0 Å². The van der Waals surface area contributed by atoms with Crippen molar-refractivity contribution in [2.75, 3.05) is 4.90 Å². The van der Waals surface area contributed by atoms with Crippen molar-refractivity contribution >= 4 is 43.7 Å². The van der Waals surface area contributed by atoms with E-state index in [4.69, 9.17) is 0 Å². The van der Waals surface area contributed by atoms with Gasteiger partial charge in [-0.15, -0.1) is 0 Å². The Bertz CT molecular complexity index is 1790. The maximum absolute atomic E-state index is 2.58. The van der Waals surface area contributed by atoms with Gasteiger partial charge in [-0.2, -0.15) is 0 Å². The minimum Gasteiger partial charge on any atom is -0.334 e. The van der Waals surface area contributed by atoms with Crippen molar-refractivity contribution in [1.82, 2.24) is 0 Å². The summed E-state index contributed by atoms with van der Waals surface area (Å²) in [7, 11) is 0. The van der Waals surface area contributed by atoms with Crippen molar-refractivity contribution in [2.24, 2.45) is 0 Å². The second-order valence-electron chi connectivity index (χ2n) is 10.5. The summed E-state index contributed by atoms with van der Waals surface area (Å²) in [4.78, 5) is 2.58. The lowest BCUT2D eigenvalue weighted by Gasteiger charge is -2.30. The van der Waals surface area contributed by atoms with Crippen LogP contribution < -0.4 is 4.90 Å². The van der Waals surface area contributed by atoms with Gasteiger partial charge in [-0.25, -0.2) is 0 Å². The molecular weight excluding hydrogens is 422 g/mol. The first-order valence-corrected chi connectivity index (χ1v) is 12.5. The third kappa shape index (κ3) is 2.58. The Morgan fingerprint density at radius 2 is 1.00 bits per heavy atom. The van der Waals surface area contributed by atoms with Crippen LogP contribution in [0.5, 0.6) is 0 Å². The van der Waals surface area contributed by atoms with Gasteiger partial charge in [0.15, 0.2) is 0 Å². The van der Waals surface area contributed by atoms with Crippen LogP contribution in [0.2, 0.25) is 0 Å². The quantitative estimate of drug-likeness (QED) is 0.228. The van der Waals surface area contributed by atoms with Gasteiger partial charge in [0.25, 0.3) is 0 Å². The standard InChI is InChI=1S/C34H25N/c1-34-20-24-8-2-7-13-32(24)35(34)33-17-15-22(18-25(33)21-34)23-14-16-30-28-11-4-3-9-26(28)27-10-5-6-12-29(27)31(30)19-23/h2-19H,20-21H2,1H3. The molecule has 1 nitrogen and oxygen atoms in total. The van der Waals surface area contributed by atoms with Crippen molar-refractivity contribution in [3.05, 3.63) is 120 Å². The van der Waals surface area contributed by atoms with Crippen LogP contribution in [-0.4, -0.2) is 5.54 Å². The molecule has 1 heteroatoms. The first kappa shape index (κ1) is 19.2. The van der Waals surface area contributed by atoms with Crippen LogP contribution in [0.15, 0.2) is 109 Å². The summed E-state index contributed by atoms with van der Waals surface area (Å²) in [6, 6.07) is 40.7. The molecule has 35 heavy (non-hydrogen) atoms. The fourth-order valence-corrected chi connectivity index (χ4v) is 6.84. The molecule has 6 aromatic rings. The van der Waals surface area contributed by atoms with E-state index in [9.17, 15) is 0 Å². The average molecular weight is 448 g/mol. The van der Waals surface area contributed by atoms with E-state index in [2.05, 4.69) is 121 Å². The molecule has 166 valence electrons. The number of anilines is 2. The topological polar surface area (TPSA) is 3.24 Å². The predicted molar refractivity (Wildman–Crippen MR) is 149 cm³/mol. The lowest BCUT2D eigenvalue weighted by atomic mass is 9.90. The minimum absolute atomic E-state index is 0.142. The third-order valence-corrected chi connectivity index (χ3v) is 8.31. The molecule has 0 amide bonds. The maximum Gasteiger partial charge on any atom is 0.0505 e. The van der Waals surface area contributed by atoms with E-state index in [1.165, 1.54) is 65.9 Å². The summed E-state index contributed by atoms with van der Waals surface area (Å²) in [6.07, 6.45) is 2.20. The zero-order valence-corrected chi connectivity index (χ0v) is 19.8. The lowest BCUT2D eigenvalue weighted by molar-refractivity contribution is 0.507. The number of para-hydroxylation sites is 1. The number of hydrogen-bond donors (Lipinski definition) is 0. The molecule has 1 atom stereocenters. The van der Waals surface area contributed by atoms with E-state index in [1.807, 2.05) is 0 Å². The molecule has 2 aliphatic rings. The third-order valence-electron chi connectivity index (χ3n) is 8.31. The minimum atomic E-state index is 0.142. The first-order valence-electron chi connectivity index (χ1n) is 12.5. The van der Waals surface area contributed by atoms with Gasteiger partial charge < -0.3 is 4.90 Å². The molecule has 0 radical (unpaired) electrons. The highest BCUT2D eigenvalue weighted by Crippen LogP contribution is 2.52. The van der Waals surface area contributed by atoms with Gasteiger partial charge >= 0.3 is 0 Å². The lowest BCUT2D eigenvalue weighted by Crippen LogP contribution is -2.37. The normalized spacial score (nSPS) is 18.3. The molecule has 6 aromatic carbocycles. The van der Waals surface area contributed by atoms with E-state index in [0.29, 0.717) is 0 Å². The largest absolute Gasteiger partial charge is 0.334 e. The molecule has 0 aliphatic carbocycles. The van der Waals surface area contributed by atoms with E-state index in [1.54, 1.807) is 0 Å². The summed E-state index contributed by atoms with van der Waals surface area (Å²) in [5.41, 5.74) is 8.42. The molecule has 8 rings (SSSR count). The molecule has 2 heterocycles. The second-order valence-corrected chi connectivity index (χ2v) is 10.5. The number of nitrogens with zero attached hydrogens (tertiary/aromatic N) is 1. The molecule has 0 saturated heterocycles. The second kappa shape index (κ2) is 6.73. The van der Waals surface area contributed by atoms with Crippen LogP contribution in [0.1, 0.15) is 18.1 Å². The van der Waals surface area contributed by atoms with Crippen LogP contribution in [0.25, 0.3) is 43.4 Å². The Labute approximate surface area is 205 Å². The Balaban J connectivity index is 1.31. The first-order chi connectivity index (χ1) is 17.2. The fraction of sp³-hybridized carbons (Fsp3) is 0.118. The Kier molecular flexibility index (Phi) is 3.70. The van der Waals surface area contributed by atoms with Crippen molar-refractivity contribution in [3.63, 3.8) is 0 Å². The molecule has 0 bridgehead atoms. The van der Waals surface area contributed by atoms with Gasteiger partial charge in [0.2, 0.25) is 0 Å². The zero-order valence-electron chi connectivity index (χ0n) is 19.8. The predicted octanol–water partition coefficient (Wildman–Crippen LogP) is 8.82. The van der Waals surface area contributed by atoms with E-state index >= 15 is 0 Å². The van der Waals surface area contributed by atoms with Crippen molar-refractivity contribution < 1.29 is 0 Å². The van der Waals surface area contributed by atoms with Crippen LogP contribution in [-0.2, 0) is 12.8 Å². The number of fused-ring (bicyclic) bond motifs is 11. The van der Waals surface area contributed by atoms with E-state index < -0.39 is 0 Å². The monoisotopic (exact) mass is 447 g/mol. The van der Waals surface area contributed by atoms with E-state index in [-0.39, 0.29) is 5.54 Å². The van der Waals surface area contributed by atoms with Gasteiger partial charge in [-0.05, 0) is 98.6 Å². The summed E-state index contributed by atoms with van der Waals surface area (Å²) in [6.45, 7) is 2.42. The van der Waals surface area contributed by atoms with Crippen LogP contribution in [0.4, 0.5) is 11.4 Å². The molecule has 0 saturated carbocycles. The summed E-state index contributed by atoms with van der Waals surface area (Å²) in [5.74, 6) is 0. The maximum atomic E-state index is 2.58. The SMILES string of the molecule is CC12Cc3ccccc3N1c1ccc(-c3ccc4c5ccccc5c5ccccc5c4c3)cc1C2. The molecule has 0 spiro atoms. The van der Waals surface area contributed by atoms with Crippen molar-refractivity contribution in [1.29, 1.82) is 0 Å². The van der Waals surface area contributed by atoms with Crippen molar-refractivity contribution in [2.45, 2.75) is 25.3 Å². The highest BCUT2D eigenvalue weighted by molar-refractivity contribution is 6.25. The van der Waals surface area contributed by atoms with Crippen LogP contribution in [0, 0.1) is 0 Å². The molecular formula is C34H25N. The van der Waals surface area contributed by atoms with Gasteiger partial charge in [-0.1, -0.05) is 84.9 Å². The Morgan fingerprint density at radius 1 is 0.486 bits per heavy atom. The number of benzene rings is 6. The molecule has 0 aromatic heterocycles. The van der Waals surface area contributed by atoms with Crippen molar-refractivity contribution in [3.8, 4) is 11.1 Å². The average Bonchev–Trinajstić information content (AvgIpc) is 3.35. The summed E-state index contributed by atoms with van der Waals surface area (Å²) < 4.78 is 0. The zero-order chi connectivity index (χ0) is 23.1. The summed E-state index contributed by atoms with van der Waals surface area (Å²) in [5, 5.41) is 7.97. The Morgan fingerprint density at radius 3 is 1.74 bits per heavy atom. The summed E-state index contributed by atoms with van der Waals surface area (Å²) >= 11 is 0. The van der Waals surface area contributed by atoms with Crippen LogP contribution >= 0.6 is 0 Å². The smallest absolute Gasteiger partial charge is 0.0505 e. The van der Waals surface area contributed by atoms with Gasteiger partial charge in [0, 0.05) is 11.4 Å². The number of rotatable bonds is 1.